The Bertz CT molecular complexity index is 402. The first-order valence-electron chi connectivity index (χ1n) is 5.22. The first-order chi connectivity index (χ1) is 7.60. The van der Waals surface area contributed by atoms with E-state index in [-0.39, 0.29) is 15.7 Å². The van der Waals surface area contributed by atoms with E-state index in [2.05, 4.69) is 23.7 Å². The zero-order valence-electron chi connectivity index (χ0n) is 9.41. The Morgan fingerprint density at radius 3 is 2.56 bits per heavy atom. The fraction of sp³-hybridized carbons (Fsp3) is 0.600. The number of likely N-dealkylation sites (N-methyl/N-ethyl adjacent to an activating group) is 1. The molecule has 0 bridgehead atoms. The van der Waals surface area contributed by atoms with Crippen LogP contribution < -0.4 is 5.56 Å². The Hall–Kier alpha value is -0.580. The molecule has 0 saturated heterocycles. The SMILES string of the molecule is CCN(CC)CCn1cnc(Cl)c(Cl)c1=O. The Kier molecular flexibility index (Phi) is 5.25. The molecule has 1 heterocycles. The lowest BCUT2D eigenvalue weighted by Crippen LogP contribution is -2.31. The lowest BCUT2D eigenvalue weighted by molar-refractivity contribution is 0.288. The van der Waals surface area contributed by atoms with E-state index in [0.717, 1.165) is 19.6 Å². The molecule has 16 heavy (non-hydrogen) atoms. The van der Waals surface area contributed by atoms with Crippen LogP contribution in [0.1, 0.15) is 13.8 Å². The van der Waals surface area contributed by atoms with Crippen molar-refractivity contribution in [1.29, 1.82) is 0 Å². The number of hydrogen-bond donors (Lipinski definition) is 0. The van der Waals surface area contributed by atoms with Gasteiger partial charge in [-0.05, 0) is 13.1 Å². The molecule has 1 aromatic rings. The van der Waals surface area contributed by atoms with Crippen LogP contribution in [0.25, 0.3) is 0 Å². The zero-order chi connectivity index (χ0) is 12.1. The average Bonchev–Trinajstić information content (AvgIpc) is 2.30. The molecule has 4 nitrogen and oxygen atoms in total. The number of halogens is 2. The Morgan fingerprint density at radius 2 is 2.00 bits per heavy atom. The molecular formula is C10H15Cl2N3O. The number of nitrogens with zero attached hydrogens (tertiary/aromatic N) is 3. The van der Waals surface area contributed by atoms with Gasteiger partial charge in [-0.1, -0.05) is 37.0 Å². The standard InChI is InChI=1S/C10H15Cl2N3O/c1-3-14(4-2)5-6-15-7-13-9(12)8(11)10(15)16/h7H,3-6H2,1-2H3. The van der Waals surface area contributed by atoms with Gasteiger partial charge in [0, 0.05) is 13.1 Å². The van der Waals surface area contributed by atoms with Crippen LogP contribution in [-0.2, 0) is 6.54 Å². The van der Waals surface area contributed by atoms with Crippen LogP contribution >= 0.6 is 23.2 Å². The molecule has 0 aliphatic heterocycles. The summed E-state index contributed by atoms with van der Waals surface area (Å²) < 4.78 is 1.48. The maximum absolute atomic E-state index is 11.7. The molecule has 0 aliphatic carbocycles. The lowest BCUT2D eigenvalue weighted by Gasteiger charge is -2.18. The minimum Gasteiger partial charge on any atom is -0.302 e. The van der Waals surface area contributed by atoms with Gasteiger partial charge in [0.1, 0.15) is 5.02 Å². The monoisotopic (exact) mass is 263 g/mol. The molecule has 0 atom stereocenters. The Morgan fingerprint density at radius 1 is 1.38 bits per heavy atom. The molecule has 0 fully saturated rings. The molecule has 0 amide bonds. The van der Waals surface area contributed by atoms with Gasteiger partial charge in [-0.2, -0.15) is 0 Å². The minimum absolute atomic E-state index is 0.0105. The molecular weight excluding hydrogens is 249 g/mol. The predicted molar refractivity (Wildman–Crippen MR) is 66.3 cm³/mol. The van der Waals surface area contributed by atoms with Gasteiger partial charge in [0.2, 0.25) is 0 Å². The lowest BCUT2D eigenvalue weighted by atomic mass is 10.4. The van der Waals surface area contributed by atoms with Gasteiger partial charge in [0.25, 0.3) is 5.56 Å². The third-order valence-corrected chi connectivity index (χ3v) is 3.22. The van der Waals surface area contributed by atoms with Crippen molar-refractivity contribution in [2.24, 2.45) is 0 Å². The third kappa shape index (κ3) is 3.20. The quantitative estimate of drug-likeness (QED) is 0.762. The van der Waals surface area contributed by atoms with Crippen molar-refractivity contribution in [2.45, 2.75) is 20.4 Å². The highest BCUT2D eigenvalue weighted by atomic mass is 35.5. The Labute approximate surface area is 105 Å². The summed E-state index contributed by atoms with van der Waals surface area (Å²) in [6, 6.07) is 0. The highest BCUT2D eigenvalue weighted by Gasteiger charge is 2.07. The van der Waals surface area contributed by atoms with Crippen molar-refractivity contribution < 1.29 is 0 Å². The van der Waals surface area contributed by atoms with E-state index in [9.17, 15) is 4.79 Å². The molecule has 90 valence electrons. The largest absolute Gasteiger partial charge is 0.302 e. The second kappa shape index (κ2) is 6.23. The zero-order valence-corrected chi connectivity index (χ0v) is 10.9. The second-order valence-corrected chi connectivity index (χ2v) is 4.11. The van der Waals surface area contributed by atoms with Crippen molar-refractivity contribution in [2.75, 3.05) is 19.6 Å². The number of hydrogen-bond acceptors (Lipinski definition) is 3. The van der Waals surface area contributed by atoms with Crippen molar-refractivity contribution in [3.05, 3.63) is 26.9 Å². The summed E-state index contributed by atoms with van der Waals surface area (Å²) in [6.45, 7) is 7.45. The Balaban J connectivity index is 2.75. The van der Waals surface area contributed by atoms with E-state index in [1.165, 1.54) is 10.9 Å². The fourth-order valence-electron chi connectivity index (χ4n) is 1.39. The van der Waals surface area contributed by atoms with E-state index in [1.54, 1.807) is 0 Å². The van der Waals surface area contributed by atoms with Crippen LogP contribution in [0.3, 0.4) is 0 Å². The highest BCUT2D eigenvalue weighted by Crippen LogP contribution is 2.12. The average molecular weight is 264 g/mol. The molecule has 0 unspecified atom stereocenters. The minimum atomic E-state index is -0.283. The summed E-state index contributed by atoms with van der Waals surface area (Å²) in [5.41, 5.74) is -0.283. The van der Waals surface area contributed by atoms with Gasteiger partial charge >= 0.3 is 0 Å². The molecule has 6 heteroatoms. The fourth-order valence-corrected chi connectivity index (χ4v) is 1.67. The molecule has 0 radical (unpaired) electrons. The van der Waals surface area contributed by atoms with Crippen LogP contribution in [0, 0.1) is 0 Å². The normalized spacial score (nSPS) is 11.1. The highest BCUT2D eigenvalue weighted by molar-refractivity contribution is 6.40. The van der Waals surface area contributed by atoms with E-state index in [4.69, 9.17) is 23.2 Å². The maximum Gasteiger partial charge on any atom is 0.273 e. The second-order valence-electron chi connectivity index (χ2n) is 3.37. The molecule has 0 spiro atoms. The molecule has 1 rings (SSSR count). The van der Waals surface area contributed by atoms with Gasteiger partial charge < -0.3 is 4.90 Å². The summed E-state index contributed by atoms with van der Waals surface area (Å²) in [5, 5.41) is 0.0504. The molecule has 1 aromatic heterocycles. The topological polar surface area (TPSA) is 38.1 Å². The van der Waals surface area contributed by atoms with Crippen LogP contribution in [0.4, 0.5) is 0 Å². The van der Waals surface area contributed by atoms with E-state index >= 15 is 0 Å². The van der Waals surface area contributed by atoms with Crippen LogP contribution in [0.5, 0.6) is 0 Å². The molecule has 0 N–H and O–H groups in total. The molecule has 0 saturated carbocycles. The van der Waals surface area contributed by atoms with Crippen molar-refractivity contribution in [3.63, 3.8) is 0 Å². The summed E-state index contributed by atoms with van der Waals surface area (Å²) in [7, 11) is 0. The summed E-state index contributed by atoms with van der Waals surface area (Å²) in [4.78, 5) is 17.7. The van der Waals surface area contributed by atoms with Gasteiger partial charge in [0.05, 0.1) is 6.33 Å². The predicted octanol–water partition coefficient (Wildman–Crippen LogP) is 1.89. The van der Waals surface area contributed by atoms with Crippen LogP contribution in [0.2, 0.25) is 10.2 Å². The first-order valence-corrected chi connectivity index (χ1v) is 5.98. The summed E-state index contributed by atoms with van der Waals surface area (Å²) >= 11 is 11.4. The van der Waals surface area contributed by atoms with Gasteiger partial charge in [0.15, 0.2) is 5.15 Å². The first kappa shape index (κ1) is 13.5. The maximum atomic E-state index is 11.7. The summed E-state index contributed by atoms with van der Waals surface area (Å²) in [6.07, 6.45) is 1.43. The van der Waals surface area contributed by atoms with Gasteiger partial charge in [-0.25, -0.2) is 4.98 Å². The molecule has 0 aromatic carbocycles. The van der Waals surface area contributed by atoms with Crippen molar-refractivity contribution >= 4 is 23.2 Å². The smallest absolute Gasteiger partial charge is 0.273 e. The van der Waals surface area contributed by atoms with E-state index in [0.29, 0.717) is 6.54 Å². The van der Waals surface area contributed by atoms with Crippen LogP contribution in [0.15, 0.2) is 11.1 Å². The third-order valence-electron chi connectivity index (χ3n) is 2.49. The van der Waals surface area contributed by atoms with Crippen molar-refractivity contribution in [1.82, 2.24) is 14.5 Å². The van der Waals surface area contributed by atoms with E-state index < -0.39 is 0 Å². The van der Waals surface area contributed by atoms with E-state index in [1.807, 2.05) is 0 Å². The number of rotatable bonds is 5. The van der Waals surface area contributed by atoms with Gasteiger partial charge in [-0.15, -0.1) is 0 Å². The number of aromatic nitrogens is 2. The van der Waals surface area contributed by atoms with Crippen LogP contribution in [-0.4, -0.2) is 34.1 Å². The van der Waals surface area contributed by atoms with Crippen molar-refractivity contribution in [3.8, 4) is 0 Å². The van der Waals surface area contributed by atoms with Gasteiger partial charge in [-0.3, -0.25) is 9.36 Å². The summed E-state index contributed by atoms with van der Waals surface area (Å²) in [5.74, 6) is 0. The molecule has 0 aliphatic rings.